The van der Waals surface area contributed by atoms with Gasteiger partial charge in [-0.05, 0) is 74.6 Å². The molecule has 0 bridgehead atoms. The number of nitrogens with zero attached hydrogens (tertiary/aromatic N) is 2. The Labute approximate surface area is 189 Å². The van der Waals surface area contributed by atoms with Crippen molar-refractivity contribution >= 4 is 21.6 Å². The van der Waals surface area contributed by atoms with E-state index in [0.29, 0.717) is 37.4 Å². The van der Waals surface area contributed by atoms with E-state index in [-0.39, 0.29) is 22.8 Å². The normalized spacial score (nSPS) is 20.2. The molecular formula is C24H27N3O4S. The molecule has 0 radical (unpaired) electrons. The van der Waals surface area contributed by atoms with Gasteiger partial charge in [-0.25, -0.2) is 8.42 Å². The van der Waals surface area contributed by atoms with Gasteiger partial charge in [0.15, 0.2) is 0 Å². The lowest BCUT2D eigenvalue weighted by molar-refractivity contribution is -0.120. The molecule has 1 heterocycles. The van der Waals surface area contributed by atoms with Crippen LogP contribution in [-0.4, -0.2) is 38.3 Å². The molecule has 4 rings (SSSR count). The monoisotopic (exact) mass is 453 g/mol. The number of benzene rings is 2. The van der Waals surface area contributed by atoms with Gasteiger partial charge in [0.25, 0.3) is 0 Å². The molecule has 8 heteroatoms. The topological polar surface area (TPSA) is 99.5 Å². The number of hydrogen-bond donors (Lipinski definition) is 1. The lowest BCUT2D eigenvalue weighted by Crippen LogP contribution is -2.43. The average Bonchev–Trinajstić information content (AvgIpc) is 3.62. The summed E-state index contributed by atoms with van der Waals surface area (Å²) in [6.07, 6.45) is 3.00. The molecular weight excluding hydrogens is 426 g/mol. The first-order valence-corrected chi connectivity index (χ1v) is 12.4. The SMILES string of the molecule is CCOc1ccc(S(=O)(=O)N2CCC[C@H](C(=O)Nc3ccc(C4(C#N)CC4)cc3)C2)cc1. The van der Waals surface area contributed by atoms with Gasteiger partial charge in [0, 0.05) is 18.8 Å². The van der Waals surface area contributed by atoms with Gasteiger partial charge in [-0.1, -0.05) is 12.1 Å². The predicted octanol–water partition coefficient (Wildman–Crippen LogP) is 3.68. The summed E-state index contributed by atoms with van der Waals surface area (Å²) in [7, 11) is -3.68. The quantitative estimate of drug-likeness (QED) is 0.689. The number of hydrogen-bond acceptors (Lipinski definition) is 5. The van der Waals surface area contributed by atoms with Crippen LogP contribution in [0.5, 0.6) is 5.75 Å². The second kappa shape index (κ2) is 8.93. The van der Waals surface area contributed by atoms with Crippen LogP contribution in [0.4, 0.5) is 5.69 Å². The van der Waals surface area contributed by atoms with E-state index >= 15 is 0 Å². The molecule has 1 N–H and O–H groups in total. The Hall–Kier alpha value is -2.89. The van der Waals surface area contributed by atoms with Crippen LogP contribution in [0.15, 0.2) is 53.4 Å². The van der Waals surface area contributed by atoms with Crippen molar-refractivity contribution < 1.29 is 17.9 Å². The second-order valence-electron chi connectivity index (χ2n) is 8.37. The highest BCUT2D eigenvalue weighted by atomic mass is 32.2. The van der Waals surface area contributed by atoms with E-state index < -0.39 is 15.9 Å². The van der Waals surface area contributed by atoms with Crippen LogP contribution in [0.2, 0.25) is 0 Å². The fourth-order valence-electron chi connectivity index (χ4n) is 4.11. The molecule has 7 nitrogen and oxygen atoms in total. The van der Waals surface area contributed by atoms with E-state index in [2.05, 4.69) is 11.4 Å². The van der Waals surface area contributed by atoms with E-state index in [0.717, 1.165) is 18.4 Å². The van der Waals surface area contributed by atoms with E-state index in [4.69, 9.17) is 4.74 Å². The van der Waals surface area contributed by atoms with Gasteiger partial charge in [-0.3, -0.25) is 4.79 Å². The van der Waals surface area contributed by atoms with E-state index in [9.17, 15) is 18.5 Å². The Morgan fingerprint density at radius 1 is 1.19 bits per heavy atom. The molecule has 1 amide bonds. The van der Waals surface area contributed by atoms with Crippen molar-refractivity contribution in [2.45, 2.75) is 42.9 Å². The van der Waals surface area contributed by atoms with Crippen LogP contribution in [0.1, 0.15) is 38.2 Å². The van der Waals surface area contributed by atoms with Crippen molar-refractivity contribution in [1.82, 2.24) is 4.31 Å². The Bertz CT molecular complexity index is 1120. The molecule has 0 unspecified atom stereocenters. The molecule has 32 heavy (non-hydrogen) atoms. The number of carbonyl (C=O) groups excluding carboxylic acids is 1. The summed E-state index contributed by atoms with van der Waals surface area (Å²) in [5.41, 5.74) is 1.27. The number of sulfonamides is 1. The van der Waals surface area contributed by atoms with Crippen molar-refractivity contribution in [2.75, 3.05) is 25.0 Å². The number of rotatable bonds is 7. The molecule has 0 spiro atoms. The van der Waals surface area contributed by atoms with Crippen molar-refractivity contribution in [3.05, 3.63) is 54.1 Å². The maximum absolute atomic E-state index is 13.1. The predicted molar refractivity (Wildman–Crippen MR) is 121 cm³/mol. The minimum atomic E-state index is -3.68. The van der Waals surface area contributed by atoms with Gasteiger partial charge in [0.05, 0.1) is 28.9 Å². The summed E-state index contributed by atoms with van der Waals surface area (Å²) in [6.45, 7) is 2.92. The molecule has 2 aromatic rings. The molecule has 2 fully saturated rings. The molecule has 2 aromatic carbocycles. The smallest absolute Gasteiger partial charge is 0.243 e. The first-order chi connectivity index (χ1) is 15.4. The van der Waals surface area contributed by atoms with Crippen molar-refractivity contribution in [1.29, 1.82) is 5.26 Å². The molecule has 0 aromatic heterocycles. The number of nitriles is 1. The molecule has 168 valence electrons. The minimum Gasteiger partial charge on any atom is -0.494 e. The zero-order valence-electron chi connectivity index (χ0n) is 18.1. The zero-order chi connectivity index (χ0) is 22.8. The van der Waals surface area contributed by atoms with Crippen LogP contribution in [0.25, 0.3) is 0 Å². The van der Waals surface area contributed by atoms with Gasteiger partial charge >= 0.3 is 0 Å². The van der Waals surface area contributed by atoms with E-state index in [1.165, 1.54) is 4.31 Å². The third-order valence-electron chi connectivity index (χ3n) is 6.20. The van der Waals surface area contributed by atoms with E-state index in [1.807, 2.05) is 31.2 Å². The highest BCUT2D eigenvalue weighted by molar-refractivity contribution is 7.89. The maximum Gasteiger partial charge on any atom is 0.243 e. The van der Waals surface area contributed by atoms with E-state index in [1.54, 1.807) is 24.3 Å². The van der Waals surface area contributed by atoms with Gasteiger partial charge in [0.1, 0.15) is 5.75 Å². The maximum atomic E-state index is 13.1. The summed E-state index contributed by atoms with van der Waals surface area (Å²) >= 11 is 0. The molecule has 2 aliphatic rings. The summed E-state index contributed by atoms with van der Waals surface area (Å²) in [5, 5.41) is 12.2. The van der Waals surface area contributed by atoms with Crippen LogP contribution in [0.3, 0.4) is 0 Å². The highest BCUT2D eigenvalue weighted by Crippen LogP contribution is 2.47. The number of piperidine rings is 1. The van der Waals surface area contributed by atoms with Crippen molar-refractivity contribution in [2.24, 2.45) is 5.92 Å². The number of carbonyl (C=O) groups is 1. The zero-order valence-corrected chi connectivity index (χ0v) is 18.9. The fourth-order valence-corrected chi connectivity index (χ4v) is 5.63. The van der Waals surface area contributed by atoms with Crippen LogP contribution in [-0.2, 0) is 20.2 Å². The summed E-state index contributed by atoms with van der Waals surface area (Å²) in [5.74, 6) is 0.0105. The van der Waals surface area contributed by atoms with Gasteiger partial charge in [0.2, 0.25) is 15.9 Å². The molecule has 1 saturated carbocycles. The molecule has 1 aliphatic heterocycles. The van der Waals surface area contributed by atoms with Crippen molar-refractivity contribution in [3.63, 3.8) is 0 Å². The third-order valence-corrected chi connectivity index (χ3v) is 8.08. The second-order valence-corrected chi connectivity index (χ2v) is 10.3. The Kier molecular flexibility index (Phi) is 6.22. The molecule has 1 aliphatic carbocycles. The van der Waals surface area contributed by atoms with Crippen molar-refractivity contribution in [3.8, 4) is 11.8 Å². The first kappa shape index (κ1) is 22.3. The van der Waals surface area contributed by atoms with Crippen LogP contribution >= 0.6 is 0 Å². The lowest BCUT2D eigenvalue weighted by Gasteiger charge is -2.31. The fraction of sp³-hybridized carbons (Fsp3) is 0.417. The molecule has 1 atom stereocenters. The molecule has 1 saturated heterocycles. The van der Waals surface area contributed by atoms with Gasteiger partial charge in [-0.2, -0.15) is 9.57 Å². The Balaban J connectivity index is 1.40. The number of amides is 1. The summed E-state index contributed by atoms with van der Waals surface area (Å²) < 4.78 is 32.9. The Morgan fingerprint density at radius 2 is 1.88 bits per heavy atom. The minimum absolute atomic E-state index is 0.150. The third kappa shape index (κ3) is 4.50. The van der Waals surface area contributed by atoms with Crippen LogP contribution in [0, 0.1) is 17.2 Å². The number of nitrogens with one attached hydrogen (secondary N) is 1. The summed E-state index contributed by atoms with van der Waals surface area (Å²) in [6, 6.07) is 16.1. The lowest BCUT2D eigenvalue weighted by atomic mass is 9.97. The first-order valence-electron chi connectivity index (χ1n) is 10.9. The summed E-state index contributed by atoms with van der Waals surface area (Å²) in [4.78, 5) is 13.0. The highest BCUT2D eigenvalue weighted by Gasteiger charge is 2.44. The average molecular weight is 454 g/mol. The van der Waals surface area contributed by atoms with Gasteiger partial charge < -0.3 is 10.1 Å². The number of anilines is 1. The number of ether oxygens (including phenoxy) is 1. The van der Waals surface area contributed by atoms with Gasteiger partial charge in [-0.15, -0.1) is 0 Å². The largest absolute Gasteiger partial charge is 0.494 e. The Morgan fingerprint density at radius 3 is 2.47 bits per heavy atom. The van der Waals surface area contributed by atoms with Crippen LogP contribution < -0.4 is 10.1 Å². The standard InChI is InChI=1S/C24H27N3O4S/c1-2-31-21-9-11-22(12-10-21)32(29,30)27-15-3-4-18(16-27)23(28)26-20-7-5-19(6-8-20)24(17-25)13-14-24/h5-12,18H,2-4,13-16H2,1H3,(H,26,28)/t18-/m0/s1.